The Hall–Kier alpha value is -3.25. The SMILES string of the molecule is CN[C@H](C(=O)N[C@H](C(=O)N(C)[C@H](/C=C(\C)C(=O)N[C@H](CCC(=O)O)C(=O)O)C(C)C)C(C)(C)C)C(C)(C)c1cccs1. The molecule has 0 saturated carbocycles. The Morgan fingerprint density at radius 3 is 2.05 bits per heavy atom. The van der Waals surface area contributed by atoms with Crippen LogP contribution >= 0.6 is 11.3 Å². The maximum absolute atomic E-state index is 14.0. The summed E-state index contributed by atoms with van der Waals surface area (Å²) in [6, 6.07) is 0.478. The molecule has 1 aromatic rings. The van der Waals surface area contributed by atoms with Crippen LogP contribution in [-0.4, -0.2) is 83.0 Å². The molecule has 5 N–H and O–H groups in total. The van der Waals surface area contributed by atoms with Gasteiger partial charge in [-0.15, -0.1) is 11.3 Å². The maximum Gasteiger partial charge on any atom is 0.326 e. The first-order chi connectivity index (χ1) is 19.2. The minimum Gasteiger partial charge on any atom is -0.481 e. The highest BCUT2D eigenvalue weighted by molar-refractivity contribution is 7.10. The molecule has 11 nitrogen and oxygen atoms in total. The number of carbonyl (C=O) groups is 5. The van der Waals surface area contributed by atoms with E-state index in [1.54, 1.807) is 31.5 Å². The molecule has 0 bridgehead atoms. The van der Waals surface area contributed by atoms with Gasteiger partial charge in [0.15, 0.2) is 0 Å². The summed E-state index contributed by atoms with van der Waals surface area (Å²) in [7, 11) is 3.32. The van der Waals surface area contributed by atoms with E-state index in [0.717, 1.165) is 4.88 Å². The lowest BCUT2D eigenvalue weighted by atomic mass is 9.80. The molecule has 0 fully saturated rings. The average Bonchev–Trinajstić information content (AvgIpc) is 3.42. The number of nitrogens with zero attached hydrogens (tertiary/aromatic N) is 1. The molecule has 12 heteroatoms. The topological polar surface area (TPSA) is 165 Å². The van der Waals surface area contributed by atoms with Crippen LogP contribution in [0.2, 0.25) is 0 Å². The second-order valence-electron chi connectivity index (χ2n) is 12.6. The van der Waals surface area contributed by atoms with E-state index in [1.165, 1.54) is 11.8 Å². The van der Waals surface area contributed by atoms with Gasteiger partial charge in [0, 0.05) is 29.3 Å². The molecule has 1 rings (SSSR count). The van der Waals surface area contributed by atoms with Crippen molar-refractivity contribution >= 4 is 41.0 Å². The van der Waals surface area contributed by atoms with Gasteiger partial charge in [-0.25, -0.2) is 4.79 Å². The number of carboxylic acids is 2. The number of rotatable bonds is 15. The predicted molar refractivity (Wildman–Crippen MR) is 163 cm³/mol. The van der Waals surface area contributed by atoms with Gasteiger partial charge in [-0.3, -0.25) is 19.2 Å². The summed E-state index contributed by atoms with van der Waals surface area (Å²) in [6.07, 6.45) is 0.913. The van der Waals surface area contributed by atoms with Crippen molar-refractivity contribution in [3.05, 3.63) is 34.0 Å². The van der Waals surface area contributed by atoms with Crippen molar-refractivity contribution in [1.82, 2.24) is 20.9 Å². The monoisotopic (exact) mass is 608 g/mol. The van der Waals surface area contributed by atoms with Gasteiger partial charge < -0.3 is 31.1 Å². The van der Waals surface area contributed by atoms with E-state index < -0.39 is 59.3 Å². The van der Waals surface area contributed by atoms with Crippen LogP contribution in [0.4, 0.5) is 0 Å². The Balaban J connectivity index is 3.25. The lowest BCUT2D eigenvalue weighted by Gasteiger charge is -2.39. The number of carbonyl (C=O) groups excluding carboxylic acids is 3. The first-order valence-corrected chi connectivity index (χ1v) is 14.9. The van der Waals surface area contributed by atoms with Crippen molar-refractivity contribution in [2.24, 2.45) is 11.3 Å². The second kappa shape index (κ2) is 15.3. The van der Waals surface area contributed by atoms with Crippen LogP contribution in [-0.2, 0) is 29.4 Å². The molecular formula is C30H48N4O7S. The smallest absolute Gasteiger partial charge is 0.326 e. The third-order valence-corrected chi connectivity index (χ3v) is 8.54. The van der Waals surface area contributed by atoms with Crippen molar-refractivity contribution in [2.75, 3.05) is 14.1 Å². The molecule has 3 amide bonds. The van der Waals surface area contributed by atoms with Gasteiger partial charge in [0.25, 0.3) is 0 Å². The normalized spacial score (nSPS) is 15.4. The fourth-order valence-corrected chi connectivity index (χ4v) is 5.60. The summed E-state index contributed by atoms with van der Waals surface area (Å²) >= 11 is 1.56. The number of likely N-dealkylation sites (N-methyl/N-ethyl adjacent to an activating group) is 2. The lowest BCUT2D eigenvalue weighted by Crippen LogP contribution is -2.61. The van der Waals surface area contributed by atoms with E-state index in [2.05, 4.69) is 16.0 Å². The van der Waals surface area contributed by atoms with Crippen molar-refractivity contribution in [1.29, 1.82) is 0 Å². The van der Waals surface area contributed by atoms with Crippen LogP contribution in [0.25, 0.3) is 0 Å². The molecule has 236 valence electrons. The van der Waals surface area contributed by atoms with Gasteiger partial charge in [-0.05, 0) is 43.2 Å². The van der Waals surface area contributed by atoms with Crippen molar-refractivity contribution < 1.29 is 34.2 Å². The number of carboxylic acid groups (broad SMARTS) is 2. The highest BCUT2D eigenvalue weighted by atomic mass is 32.1. The first kappa shape index (κ1) is 36.8. The van der Waals surface area contributed by atoms with Crippen LogP contribution in [0.3, 0.4) is 0 Å². The van der Waals surface area contributed by atoms with E-state index in [4.69, 9.17) is 5.11 Å². The number of thiophene rings is 1. The minimum atomic E-state index is -1.37. The highest BCUT2D eigenvalue weighted by Crippen LogP contribution is 2.32. The molecular weight excluding hydrogens is 560 g/mol. The third-order valence-electron chi connectivity index (χ3n) is 7.34. The van der Waals surface area contributed by atoms with E-state index in [9.17, 15) is 29.1 Å². The Morgan fingerprint density at radius 2 is 1.62 bits per heavy atom. The minimum absolute atomic E-state index is 0.136. The van der Waals surface area contributed by atoms with Crippen molar-refractivity contribution in [3.8, 4) is 0 Å². The Bertz CT molecular complexity index is 1140. The van der Waals surface area contributed by atoms with Crippen LogP contribution in [0.5, 0.6) is 0 Å². The molecule has 0 aromatic carbocycles. The lowest BCUT2D eigenvalue weighted by molar-refractivity contribution is -0.142. The quantitative estimate of drug-likeness (QED) is 0.190. The first-order valence-electron chi connectivity index (χ1n) is 14.0. The molecule has 42 heavy (non-hydrogen) atoms. The molecule has 0 radical (unpaired) electrons. The van der Waals surface area contributed by atoms with Gasteiger partial charge in [-0.1, -0.05) is 60.6 Å². The van der Waals surface area contributed by atoms with E-state index in [0.29, 0.717) is 0 Å². The number of hydrogen-bond acceptors (Lipinski definition) is 7. The standard InChI is InChI=1S/C30H48N4O7S/c1-17(2)20(16-18(3)25(37)32-19(28(40)41)13-14-22(35)36)34(10)27(39)24(29(4,5)6)33-26(38)23(31-9)30(7,8)21-12-11-15-42-21/h11-12,15-17,19-20,23-24,31H,13-14H2,1-10H3,(H,32,37)(H,33,38)(H,35,36)(H,40,41)/b18-16+/t19-,20-,23-,24-/m1/s1. The van der Waals surface area contributed by atoms with E-state index in [1.807, 2.05) is 66.0 Å². The van der Waals surface area contributed by atoms with Crippen LogP contribution in [0.15, 0.2) is 29.2 Å². The van der Waals surface area contributed by atoms with Gasteiger partial charge in [0.2, 0.25) is 17.7 Å². The van der Waals surface area contributed by atoms with E-state index >= 15 is 0 Å². The zero-order chi connectivity index (χ0) is 32.6. The van der Waals surface area contributed by atoms with Crippen LogP contribution in [0.1, 0.15) is 73.1 Å². The Labute approximate surface area is 253 Å². The summed E-state index contributed by atoms with van der Waals surface area (Å²) in [6.45, 7) is 14.8. The summed E-state index contributed by atoms with van der Waals surface area (Å²) in [5, 5.41) is 28.7. The summed E-state index contributed by atoms with van der Waals surface area (Å²) < 4.78 is 0. The number of nitrogens with one attached hydrogen (secondary N) is 3. The van der Waals surface area contributed by atoms with Crippen molar-refractivity contribution in [2.45, 2.75) is 97.8 Å². The van der Waals surface area contributed by atoms with E-state index in [-0.39, 0.29) is 29.7 Å². The summed E-state index contributed by atoms with van der Waals surface area (Å²) in [5.41, 5.74) is -1.02. The fraction of sp³-hybridized carbons (Fsp3) is 0.633. The number of hydrogen-bond donors (Lipinski definition) is 5. The number of aliphatic carboxylic acids is 2. The van der Waals surface area contributed by atoms with Crippen LogP contribution in [0, 0.1) is 11.3 Å². The molecule has 0 spiro atoms. The van der Waals surface area contributed by atoms with Crippen molar-refractivity contribution in [3.63, 3.8) is 0 Å². The Kier molecular flexibility index (Phi) is 13.4. The summed E-state index contributed by atoms with van der Waals surface area (Å²) in [5.74, 6) is -3.97. The molecule has 0 aliphatic rings. The largest absolute Gasteiger partial charge is 0.481 e. The Morgan fingerprint density at radius 1 is 1.02 bits per heavy atom. The van der Waals surface area contributed by atoms with Gasteiger partial charge in [0.1, 0.15) is 12.1 Å². The average molecular weight is 609 g/mol. The predicted octanol–water partition coefficient (Wildman–Crippen LogP) is 3.01. The van der Waals surface area contributed by atoms with Gasteiger partial charge in [-0.2, -0.15) is 0 Å². The third kappa shape index (κ3) is 9.94. The second-order valence-corrected chi connectivity index (χ2v) is 13.5. The molecule has 0 aliphatic heterocycles. The molecule has 0 saturated heterocycles. The molecule has 4 atom stereocenters. The van der Waals surface area contributed by atoms with Gasteiger partial charge in [0.05, 0.1) is 12.1 Å². The number of amides is 3. The zero-order valence-corrected chi connectivity index (χ0v) is 27.2. The zero-order valence-electron chi connectivity index (χ0n) is 26.4. The maximum atomic E-state index is 14.0. The highest BCUT2D eigenvalue weighted by Gasteiger charge is 2.42. The van der Waals surface area contributed by atoms with Gasteiger partial charge >= 0.3 is 11.9 Å². The summed E-state index contributed by atoms with van der Waals surface area (Å²) in [4.78, 5) is 65.4. The molecule has 1 aromatic heterocycles. The molecule has 1 heterocycles. The molecule has 0 unspecified atom stereocenters. The molecule has 0 aliphatic carbocycles. The fourth-order valence-electron chi connectivity index (χ4n) is 4.71. The van der Waals surface area contributed by atoms with Crippen LogP contribution < -0.4 is 16.0 Å².